The van der Waals surface area contributed by atoms with Crippen LogP contribution in [0, 0.1) is 5.82 Å². The molecule has 1 aliphatic rings. The van der Waals surface area contributed by atoms with Crippen molar-refractivity contribution in [1.29, 1.82) is 0 Å². The summed E-state index contributed by atoms with van der Waals surface area (Å²) in [6.07, 6.45) is 3.46. The Hall–Kier alpha value is -2.54. The Bertz CT molecular complexity index is 659. The molecule has 2 N–H and O–H groups in total. The van der Waals surface area contributed by atoms with E-state index in [4.69, 9.17) is 0 Å². The molecule has 0 aliphatic carbocycles. The molecule has 0 unspecified atom stereocenters. The number of carbonyl (C=O) groups is 1. The molecule has 23 heavy (non-hydrogen) atoms. The van der Waals surface area contributed by atoms with Crippen molar-refractivity contribution in [1.82, 2.24) is 9.97 Å². The fraction of sp³-hybridized carbons (Fsp3) is 0.312. The number of amides is 1. The predicted octanol–water partition coefficient (Wildman–Crippen LogP) is -0.0407. The largest absolute Gasteiger partial charge is 0.330 e. The van der Waals surface area contributed by atoms with Crippen LogP contribution < -0.4 is 15.1 Å². The van der Waals surface area contributed by atoms with Crippen LogP contribution in [0.1, 0.15) is 0 Å². The van der Waals surface area contributed by atoms with Crippen LogP contribution in [0.25, 0.3) is 0 Å². The molecule has 1 aromatic carbocycles. The van der Waals surface area contributed by atoms with Crippen LogP contribution in [-0.4, -0.2) is 48.6 Å². The summed E-state index contributed by atoms with van der Waals surface area (Å²) < 4.78 is 13.1. The second-order valence-corrected chi connectivity index (χ2v) is 5.52. The molecule has 1 aliphatic heterocycles. The van der Waals surface area contributed by atoms with Gasteiger partial charge in [0.25, 0.3) is 5.91 Å². The van der Waals surface area contributed by atoms with Crippen molar-refractivity contribution in [3.63, 3.8) is 0 Å². The van der Waals surface area contributed by atoms with Gasteiger partial charge in [0, 0.05) is 18.1 Å². The molecule has 7 heteroatoms. The summed E-state index contributed by atoms with van der Waals surface area (Å²) in [6, 6.07) is 7.73. The number of benzene rings is 1. The van der Waals surface area contributed by atoms with Gasteiger partial charge >= 0.3 is 0 Å². The zero-order valence-electron chi connectivity index (χ0n) is 12.7. The van der Waals surface area contributed by atoms with Crippen LogP contribution in [0.5, 0.6) is 0 Å². The normalized spacial score (nSPS) is 15.4. The van der Waals surface area contributed by atoms with E-state index in [1.54, 1.807) is 30.6 Å². The van der Waals surface area contributed by atoms with E-state index in [1.165, 1.54) is 17.0 Å². The lowest BCUT2D eigenvalue weighted by molar-refractivity contribution is -0.892. The third-order valence-electron chi connectivity index (χ3n) is 3.82. The maximum absolute atomic E-state index is 13.1. The number of halogens is 1. The van der Waals surface area contributed by atoms with Gasteiger partial charge in [-0.3, -0.25) is 4.79 Å². The second-order valence-electron chi connectivity index (χ2n) is 5.52. The number of nitrogens with one attached hydrogen (secondary N) is 2. The van der Waals surface area contributed by atoms with Crippen molar-refractivity contribution in [2.75, 3.05) is 42.9 Å². The topological polar surface area (TPSA) is 62.6 Å². The Morgan fingerprint density at radius 3 is 2.65 bits per heavy atom. The highest BCUT2D eigenvalue weighted by Crippen LogP contribution is 2.08. The average molecular weight is 316 g/mol. The quantitative estimate of drug-likeness (QED) is 0.831. The summed E-state index contributed by atoms with van der Waals surface area (Å²) in [5.74, 6) is 0.275. The molecule has 0 bridgehead atoms. The van der Waals surface area contributed by atoms with E-state index in [0.29, 0.717) is 12.2 Å². The molecule has 0 radical (unpaired) electrons. The molecule has 0 atom stereocenters. The Kier molecular flexibility index (Phi) is 4.77. The molecule has 1 aromatic heterocycles. The number of rotatable bonds is 4. The third-order valence-corrected chi connectivity index (χ3v) is 3.82. The van der Waals surface area contributed by atoms with Crippen LogP contribution in [0.2, 0.25) is 0 Å². The number of piperazine rings is 1. The average Bonchev–Trinajstić information content (AvgIpc) is 2.56. The fourth-order valence-electron chi connectivity index (χ4n) is 2.65. The van der Waals surface area contributed by atoms with E-state index in [0.717, 1.165) is 32.1 Å². The maximum atomic E-state index is 13.1. The molecule has 0 spiro atoms. The molecule has 2 aromatic rings. The Morgan fingerprint density at radius 2 is 1.96 bits per heavy atom. The van der Waals surface area contributed by atoms with E-state index in [-0.39, 0.29) is 11.7 Å². The Labute approximate surface area is 134 Å². The second kappa shape index (κ2) is 7.15. The molecular weight excluding hydrogens is 297 g/mol. The van der Waals surface area contributed by atoms with E-state index < -0.39 is 0 Å². The van der Waals surface area contributed by atoms with E-state index in [2.05, 4.69) is 20.2 Å². The van der Waals surface area contributed by atoms with Crippen molar-refractivity contribution >= 4 is 17.5 Å². The van der Waals surface area contributed by atoms with E-state index in [9.17, 15) is 9.18 Å². The molecule has 6 nitrogen and oxygen atoms in total. The lowest BCUT2D eigenvalue weighted by atomic mass is 10.3. The molecule has 120 valence electrons. The number of aromatic nitrogens is 2. The summed E-state index contributed by atoms with van der Waals surface area (Å²) in [6.45, 7) is 3.68. The SMILES string of the molecule is O=C(C[NH+]1CCN(c2ncccn2)CC1)Nc1cccc(F)c1. The summed E-state index contributed by atoms with van der Waals surface area (Å²) in [7, 11) is 0. The van der Waals surface area contributed by atoms with E-state index >= 15 is 0 Å². The van der Waals surface area contributed by atoms with Crippen molar-refractivity contribution in [3.05, 3.63) is 48.5 Å². The smallest absolute Gasteiger partial charge is 0.279 e. The first-order valence-corrected chi connectivity index (χ1v) is 7.62. The third kappa shape index (κ3) is 4.23. The standard InChI is InChI=1S/C16H18FN5O/c17-13-3-1-4-14(11-13)20-15(23)12-21-7-9-22(10-8-21)16-18-5-2-6-19-16/h1-6,11H,7-10,12H2,(H,20,23)/p+1. The number of nitrogens with zero attached hydrogens (tertiary/aromatic N) is 3. The van der Waals surface area contributed by atoms with Crippen LogP contribution in [0.3, 0.4) is 0 Å². The van der Waals surface area contributed by atoms with Gasteiger partial charge in [0.15, 0.2) is 6.54 Å². The van der Waals surface area contributed by atoms with Gasteiger partial charge in [0.1, 0.15) is 5.82 Å². The van der Waals surface area contributed by atoms with Gasteiger partial charge in [-0.1, -0.05) is 6.07 Å². The van der Waals surface area contributed by atoms with Gasteiger partial charge in [0.05, 0.1) is 26.2 Å². The fourth-order valence-corrected chi connectivity index (χ4v) is 2.65. The summed E-state index contributed by atoms with van der Waals surface area (Å²) in [4.78, 5) is 23.9. The van der Waals surface area contributed by atoms with Crippen molar-refractivity contribution in [3.8, 4) is 0 Å². The minimum Gasteiger partial charge on any atom is -0.330 e. The van der Waals surface area contributed by atoms with Crippen LogP contribution >= 0.6 is 0 Å². The zero-order chi connectivity index (χ0) is 16.1. The molecule has 2 heterocycles. The lowest BCUT2D eigenvalue weighted by Crippen LogP contribution is -3.15. The van der Waals surface area contributed by atoms with Crippen molar-refractivity contribution < 1.29 is 14.1 Å². The van der Waals surface area contributed by atoms with Crippen LogP contribution in [0.15, 0.2) is 42.7 Å². The maximum Gasteiger partial charge on any atom is 0.279 e. The van der Waals surface area contributed by atoms with Gasteiger partial charge in [-0.2, -0.15) is 0 Å². The molecule has 1 fully saturated rings. The van der Waals surface area contributed by atoms with Gasteiger partial charge < -0.3 is 15.1 Å². The number of hydrogen-bond donors (Lipinski definition) is 2. The number of hydrogen-bond acceptors (Lipinski definition) is 4. The highest BCUT2D eigenvalue weighted by atomic mass is 19.1. The first-order chi connectivity index (χ1) is 11.2. The molecular formula is C16H19FN5O+. The summed E-state index contributed by atoms with van der Waals surface area (Å²) in [5, 5.41) is 2.73. The number of anilines is 2. The highest BCUT2D eigenvalue weighted by Gasteiger charge is 2.23. The van der Waals surface area contributed by atoms with Crippen molar-refractivity contribution in [2.24, 2.45) is 0 Å². The van der Waals surface area contributed by atoms with Crippen LogP contribution in [0.4, 0.5) is 16.0 Å². The van der Waals surface area contributed by atoms with Crippen molar-refractivity contribution in [2.45, 2.75) is 0 Å². The minimum atomic E-state index is -0.355. The summed E-state index contributed by atoms with van der Waals surface area (Å²) >= 11 is 0. The van der Waals surface area contributed by atoms with Gasteiger partial charge in [-0.15, -0.1) is 0 Å². The van der Waals surface area contributed by atoms with Gasteiger partial charge in [-0.25, -0.2) is 14.4 Å². The molecule has 3 rings (SSSR count). The predicted molar refractivity (Wildman–Crippen MR) is 84.8 cm³/mol. The summed E-state index contributed by atoms with van der Waals surface area (Å²) in [5.41, 5.74) is 0.491. The number of carbonyl (C=O) groups excluding carboxylic acids is 1. The first kappa shape index (κ1) is 15.4. The Balaban J connectivity index is 1.48. The molecule has 1 saturated heterocycles. The highest BCUT2D eigenvalue weighted by molar-refractivity contribution is 5.91. The van der Waals surface area contributed by atoms with Crippen LogP contribution in [-0.2, 0) is 4.79 Å². The van der Waals surface area contributed by atoms with Gasteiger partial charge in [-0.05, 0) is 24.3 Å². The Morgan fingerprint density at radius 1 is 1.22 bits per heavy atom. The molecule has 0 saturated carbocycles. The zero-order valence-corrected chi connectivity index (χ0v) is 12.7. The molecule has 1 amide bonds. The minimum absolute atomic E-state index is 0.102. The number of quaternary nitrogens is 1. The van der Waals surface area contributed by atoms with E-state index in [1.807, 2.05) is 0 Å². The monoisotopic (exact) mass is 316 g/mol. The lowest BCUT2D eigenvalue weighted by Gasteiger charge is -2.31. The first-order valence-electron chi connectivity index (χ1n) is 7.62. The van der Waals surface area contributed by atoms with Gasteiger partial charge in [0.2, 0.25) is 5.95 Å².